The highest BCUT2D eigenvalue weighted by Crippen LogP contribution is 2.38. The number of nitrogens with one attached hydrogen (secondary N) is 2. The highest BCUT2D eigenvalue weighted by Gasteiger charge is 2.37. The van der Waals surface area contributed by atoms with Crippen LogP contribution in [0.25, 0.3) is 0 Å². The lowest BCUT2D eigenvalue weighted by Crippen LogP contribution is -2.41. The van der Waals surface area contributed by atoms with Crippen molar-refractivity contribution in [2.24, 2.45) is 5.41 Å². The second kappa shape index (κ2) is 5.52. The van der Waals surface area contributed by atoms with Gasteiger partial charge in [0.25, 0.3) is 0 Å². The minimum Gasteiger partial charge on any atom is -0.315 e. The monoisotopic (exact) mass is 302 g/mol. The van der Waals surface area contributed by atoms with E-state index >= 15 is 0 Å². The lowest BCUT2D eigenvalue weighted by atomic mass is 9.88. The topological polar surface area (TPSA) is 58.2 Å². The van der Waals surface area contributed by atoms with E-state index in [-0.39, 0.29) is 11.5 Å². The molecule has 1 aliphatic rings. The van der Waals surface area contributed by atoms with E-state index in [0.717, 1.165) is 24.1 Å². The van der Waals surface area contributed by atoms with Gasteiger partial charge in [0.1, 0.15) is 0 Å². The van der Waals surface area contributed by atoms with Gasteiger partial charge in [-0.15, -0.1) is 11.3 Å². The van der Waals surface area contributed by atoms with Crippen LogP contribution in [0.5, 0.6) is 0 Å². The van der Waals surface area contributed by atoms with Crippen LogP contribution in [0.2, 0.25) is 0 Å². The Hall–Kier alpha value is -0.430. The third-order valence-electron chi connectivity index (χ3n) is 3.85. The Kier molecular flexibility index (Phi) is 4.35. The summed E-state index contributed by atoms with van der Waals surface area (Å²) in [6.45, 7) is 4.97. The van der Waals surface area contributed by atoms with E-state index in [2.05, 4.69) is 23.9 Å². The van der Waals surface area contributed by atoms with E-state index in [9.17, 15) is 8.42 Å². The first-order chi connectivity index (χ1) is 8.85. The van der Waals surface area contributed by atoms with E-state index < -0.39 is 10.0 Å². The second-order valence-corrected chi connectivity index (χ2v) is 8.54. The Balaban J connectivity index is 2.13. The Morgan fingerprint density at radius 2 is 2.21 bits per heavy atom. The average molecular weight is 302 g/mol. The lowest BCUT2D eigenvalue weighted by molar-refractivity contribution is 0.313. The predicted molar refractivity (Wildman–Crippen MR) is 78.8 cm³/mol. The molecule has 0 saturated heterocycles. The third kappa shape index (κ3) is 3.37. The molecule has 0 aliphatic heterocycles. The van der Waals surface area contributed by atoms with Crippen LogP contribution in [0.1, 0.15) is 38.0 Å². The Morgan fingerprint density at radius 3 is 2.79 bits per heavy atom. The molecule has 2 rings (SSSR count). The number of sulfonamides is 1. The van der Waals surface area contributed by atoms with Crippen LogP contribution in [0.3, 0.4) is 0 Å². The van der Waals surface area contributed by atoms with Crippen molar-refractivity contribution in [1.82, 2.24) is 10.0 Å². The maximum Gasteiger partial charge on any atom is 0.241 e. The summed E-state index contributed by atoms with van der Waals surface area (Å²) in [6, 6.07) is 1.80. The van der Waals surface area contributed by atoms with Crippen molar-refractivity contribution in [3.63, 3.8) is 0 Å². The molecule has 0 spiro atoms. The van der Waals surface area contributed by atoms with Crippen molar-refractivity contribution < 1.29 is 8.42 Å². The molecule has 4 nitrogen and oxygen atoms in total. The molecule has 1 heterocycles. The molecule has 6 heteroatoms. The number of thiophene rings is 1. The van der Waals surface area contributed by atoms with Crippen molar-refractivity contribution in [2.45, 2.75) is 50.6 Å². The molecule has 108 valence electrons. The summed E-state index contributed by atoms with van der Waals surface area (Å²) in [6.07, 6.45) is 3.10. The van der Waals surface area contributed by atoms with Gasteiger partial charge in [-0.1, -0.05) is 20.3 Å². The number of hydrogen-bond acceptors (Lipinski definition) is 4. The molecular weight excluding hydrogens is 280 g/mol. The van der Waals surface area contributed by atoms with Crippen LogP contribution in [0.15, 0.2) is 16.3 Å². The fraction of sp³-hybridized carbons (Fsp3) is 0.692. The summed E-state index contributed by atoms with van der Waals surface area (Å²) in [4.78, 5) is 1.43. The van der Waals surface area contributed by atoms with Crippen molar-refractivity contribution in [3.8, 4) is 0 Å². The predicted octanol–water partition coefficient (Wildman–Crippen LogP) is 2.32. The zero-order valence-corrected chi connectivity index (χ0v) is 13.3. The Labute approximate surface area is 119 Å². The Bertz CT molecular complexity index is 535. The molecule has 1 unspecified atom stereocenters. The molecule has 0 amide bonds. The molecule has 1 fully saturated rings. The average Bonchev–Trinajstić information content (AvgIpc) is 2.88. The lowest BCUT2D eigenvalue weighted by Gasteiger charge is -2.27. The van der Waals surface area contributed by atoms with Gasteiger partial charge in [0.05, 0.1) is 4.90 Å². The van der Waals surface area contributed by atoms with Gasteiger partial charge in [0.15, 0.2) is 0 Å². The zero-order chi connectivity index (χ0) is 14.1. The van der Waals surface area contributed by atoms with E-state index in [4.69, 9.17) is 0 Å². The maximum absolute atomic E-state index is 12.4. The number of rotatable bonds is 5. The molecule has 1 aliphatic carbocycles. The van der Waals surface area contributed by atoms with Gasteiger partial charge in [-0.05, 0) is 31.4 Å². The quantitative estimate of drug-likeness (QED) is 0.877. The summed E-state index contributed by atoms with van der Waals surface area (Å²) in [5.74, 6) is 0. The van der Waals surface area contributed by atoms with Gasteiger partial charge < -0.3 is 5.32 Å². The largest absolute Gasteiger partial charge is 0.315 e. The molecule has 1 saturated carbocycles. The van der Waals surface area contributed by atoms with E-state index in [0.29, 0.717) is 11.4 Å². The van der Waals surface area contributed by atoms with Crippen molar-refractivity contribution >= 4 is 21.4 Å². The number of hydrogen-bond donors (Lipinski definition) is 2. The van der Waals surface area contributed by atoms with Crippen molar-refractivity contribution in [1.29, 1.82) is 0 Å². The molecule has 2 N–H and O–H groups in total. The molecule has 1 aromatic heterocycles. The first-order valence-electron chi connectivity index (χ1n) is 6.59. The van der Waals surface area contributed by atoms with Crippen LogP contribution >= 0.6 is 11.3 Å². The van der Waals surface area contributed by atoms with Gasteiger partial charge in [-0.25, -0.2) is 13.1 Å². The van der Waals surface area contributed by atoms with E-state index in [1.54, 1.807) is 11.4 Å². The van der Waals surface area contributed by atoms with E-state index in [1.807, 2.05) is 7.05 Å². The second-order valence-electron chi connectivity index (χ2n) is 5.83. The third-order valence-corrected chi connectivity index (χ3v) is 6.38. The van der Waals surface area contributed by atoms with Crippen LogP contribution in [-0.2, 0) is 16.6 Å². The summed E-state index contributed by atoms with van der Waals surface area (Å²) in [5.41, 5.74) is 0.0525. The van der Waals surface area contributed by atoms with Gasteiger partial charge in [0, 0.05) is 22.8 Å². The van der Waals surface area contributed by atoms with Crippen molar-refractivity contribution in [3.05, 3.63) is 16.3 Å². The molecule has 1 aromatic rings. The van der Waals surface area contributed by atoms with Crippen LogP contribution in [0, 0.1) is 5.41 Å². The maximum atomic E-state index is 12.4. The zero-order valence-electron chi connectivity index (χ0n) is 11.7. The van der Waals surface area contributed by atoms with Crippen molar-refractivity contribution in [2.75, 3.05) is 7.05 Å². The summed E-state index contributed by atoms with van der Waals surface area (Å²) >= 11 is 1.48. The minimum atomic E-state index is -3.38. The molecule has 0 bridgehead atoms. The van der Waals surface area contributed by atoms with Gasteiger partial charge in [0.2, 0.25) is 10.0 Å². The fourth-order valence-corrected chi connectivity index (χ4v) is 5.30. The van der Waals surface area contributed by atoms with Gasteiger partial charge in [-0.2, -0.15) is 0 Å². The molecule has 0 radical (unpaired) electrons. The van der Waals surface area contributed by atoms with Crippen LogP contribution in [0.4, 0.5) is 0 Å². The Morgan fingerprint density at radius 1 is 1.47 bits per heavy atom. The minimum absolute atomic E-state index is 0.0464. The summed E-state index contributed by atoms with van der Waals surface area (Å²) in [5, 5.41) is 4.75. The summed E-state index contributed by atoms with van der Waals surface area (Å²) < 4.78 is 27.6. The fourth-order valence-electron chi connectivity index (χ4n) is 2.57. The van der Waals surface area contributed by atoms with Crippen LogP contribution in [-0.4, -0.2) is 21.5 Å². The molecular formula is C13H22N2O2S2. The van der Waals surface area contributed by atoms with Crippen LogP contribution < -0.4 is 10.0 Å². The highest BCUT2D eigenvalue weighted by atomic mass is 32.2. The first kappa shape index (κ1) is 15.0. The van der Waals surface area contributed by atoms with Gasteiger partial charge in [-0.3, -0.25) is 0 Å². The first-order valence-corrected chi connectivity index (χ1v) is 8.96. The van der Waals surface area contributed by atoms with E-state index in [1.165, 1.54) is 11.3 Å². The molecule has 0 aromatic carbocycles. The highest BCUT2D eigenvalue weighted by molar-refractivity contribution is 7.89. The van der Waals surface area contributed by atoms with Gasteiger partial charge >= 0.3 is 0 Å². The molecule has 1 atom stereocenters. The smallest absolute Gasteiger partial charge is 0.241 e. The molecule has 19 heavy (non-hydrogen) atoms. The normalized spacial score (nSPS) is 22.8. The SMILES string of the molecule is CNCc1cc(S(=O)(=O)NC2CCCC2(C)C)cs1. The summed E-state index contributed by atoms with van der Waals surface area (Å²) in [7, 11) is -1.53. The standard InChI is InChI=1S/C13H22N2O2S2/c1-13(2)6-4-5-12(13)15-19(16,17)11-7-10(8-14-3)18-9-11/h7,9,12,14-15H,4-6,8H2,1-3H3.